The van der Waals surface area contributed by atoms with Crippen LogP contribution < -0.4 is 15.9 Å². The molecule has 8 heteroatoms. The lowest BCUT2D eigenvalue weighted by Gasteiger charge is -2.11. The number of aromatic nitrogens is 2. The van der Waals surface area contributed by atoms with Crippen LogP contribution in [0.3, 0.4) is 0 Å². The molecule has 0 atom stereocenters. The zero-order valence-corrected chi connectivity index (χ0v) is 13.1. The van der Waals surface area contributed by atoms with Gasteiger partial charge in [0.05, 0.1) is 16.5 Å². The molecule has 0 aliphatic rings. The minimum atomic E-state index is -4.80. The second-order valence-electron chi connectivity index (χ2n) is 5.36. The Kier molecular flexibility index (Phi) is 4.12. The second kappa shape index (κ2) is 6.12. The number of halogens is 3. The Hall–Kier alpha value is -3.03. The number of nitrogens with one attached hydrogen (secondary N) is 1. The van der Waals surface area contributed by atoms with Crippen molar-refractivity contribution in [3.05, 3.63) is 68.7 Å². The lowest BCUT2D eigenvalue weighted by atomic mass is 10.1. The average Bonchev–Trinajstić information content (AvgIpc) is 2.57. The highest BCUT2D eigenvalue weighted by atomic mass is 19.4. The summed E-state index contributed by atoms with van der Waals surface area (Å²) in [4.78, 5) is 24.8. The molecule has 0 unspecified atom stereocenters. The number of hydrogen-bond acceptors (Lipinski definition) is 3. The van der Waals surface area contributed by atoms with Gasteiger partial charge in [-0.05, 0) is 48.4 Å². The van der Waals surface area contributed by atoms with E-state index in [0.717, 1.165) is 28.8 Å². The van der Waals surface area contributed by atoms with Crippen molar-refractivity contribution in [1.29, 1.82) is 0 Å². The van der Waals surface area contributed by atoms with E-state index in [-0.39, 0.29) is 16.5 Å². The maximum atomic E-state index is 12.6. The van der Waals surface area contributed by atoms with Gasteiger partial charge in [-0.3, -0.25) is 14.7 Å². The molecule has 1 aromatic heterocycles. The van der Waals surface area contributed by atoms with Crippen molar-refractivity contribution in [1.82, 2.24) is 9.78 Å². The van der Waals surface area contributed by atoms with Gasteiger partial charge in [-0.1, -0.05) is 13.0 Å². The van der Waals surface area contributed by atoms with Gasteiger partial charge in [0.2, 0.25) is 0 Å². The van der Waals surface area contributed by atoms with E-state index in [4.69, 9.17) is 0 Å². The summed E-state index contributed by atoms with van der Waals surface area (Å²) in [5.41, 5.74) is 0.212. The Bertz CT molecular complexity index is 1030. The van der Waals surface area contributed by atoms with Crippen LogP contribution in [0.5, 0.6) is 5.75 Å². The summed E-state index contributed by atoms with van der Waals surface area (Å²) >= 11 is 0. The Balaban J connectivity index is 2.09. The van der Waals surface area contributed by atoms with Crippen LogP contribution in [0.1, 0.15) is 12.5 Å². The van der Waals surface area contributed by atoms with Gasteiger partial charge in [-0.25, -0.2) is 4.68 Å². The van der Waals surface area contributed by atoms with E-state index >= 15 is 0 Å². The lowest BCUT2D eigenvalue weighted by molar-refractivity contribution is -0.274. The Morgan fingerprint density at radius 2 is 1.72 bits per heavy atom. The predicted molar refractivity (Wildman–Crippen MR) is 86.2 cm³/mol. The van der Waals surface area contributed by atoms with Crippen molar-refractivity contribution in [2.45, 2.75) is 19.7 Å². The monoisotopic (exact) mass is 350 g/mol. The minimum absolute atomic E-state index is 0.220. The third-order valence-electron chi connectivity index (χ3n) is 3.71. The highest BCUT2D eigenvalue weighted by Crippen LogP contribution is 2.23. The summed E-state index contributed by atoms with van der Waals surface area (Å²) in [7, 11) is 0. The van der Waals surface area contributed by atoms with Crippen molar-refractivity contribution in [2.24, 2.45) is 0 Å². The van der Waals surface area contributed by atoms with Crippen LogP contribution in [0, 0.1) is 0 Å². The molecular formula is C17H13F3N2O3. The lowest BCUT2D eigenvalue weighted by Crippen LogP contribution is -2.28. The van der Waals surface area contributed by atoms with Crippen LogP contribution in [-0.4, -0.2) is 16.1 Å². The molecule has 0 amide bonds. The number of aromatic amines is 1. The summed E-state index contributed by atoms with van der Waals surface area (Å²) in [6, 6.07) is 9.63. The van der Waals surface area contributed by atoms with Crippen molar-refractivity contribution in [2.75, 3.05) is 0 Å². The van der Waals surface area contributed by atoms with Gasteiger partial charge in [0, 0.05) is 0 Å². The van der Waals surface area contributed by atoms with Gasteiger partial charge in [0.1, 0.15) is 5.75 Å². The molecule has 5 nitrogen and oxygen atoms in total. The zero-order valence-electron chi connectivity index (χ0n) is 13.1. The molecule has 1 N–H and O–H groups in total. The van der Waals surface area contributed by atoms with E-state index in [1.54, 1.807) is 18.2 Å². The van der Waals surface area contributed by atoms with Crippen LogP contribution in [0.15, 0.2) is 52.1 Å². The molecule has 0 radical (unpaired) electrons. The molecule has 1 heterocycles. The first-order valence-corrected chi connectivity index (χ1v) is 7.42. The molecule has 0 spiro atoms. The van der Waals surface area contributed by atoms with Gasteiger partial charge in [0.15, 0.2) is 0 Å². The quantitative estimate of drug-likeness (QED) is 0.789. The molecule has 0 bridgehead atoms. The number of hydrogen-bond donors (Lipinski definition) is 1. The third kappa shape index (κ3) is 3.42. The van der Waals surface area contributed by atoms with Crippen LogP contribution in [-0.2, 0) is 6.42 Å². The van der Waals surface area contributed by atoms with E-state index in [0.29, 0.717) is 0 Å². The summed E-state index contributed by atoms with van der Waals surface area (Å²) in [5.74, 6) is -0.417. The molecule has 3 rings (SSSR count). The normalized spacial score (nSPS) is 11.7. The zero-order chi connectivity index (χ0) is 18.2. The SMILES string of the molecule is CCc1ccc2c(=O)n(-c3ccc(OC(F)(F)F)cc3)[nH]c(=O)c2c1. The van der Waals surface area contributed by atoms with Gasteiger partial charge in [-0.2, -0.15) is 0 Å². The molecule has 0 saturated heterocycles. The van der Waals surface area contributed by atoms with E-state index in [2.05, 4.69) is 9.84 Å². The van der Waals surface area contributed by atoms with E-state index in [1.807, 2.05) is 6.92 Å². The van der Waals surface area contributed by atoms with Crippen LogP contribution in [0.25, 0.3) is 16.5 Å². The molecule has 0 aliphatic carbocycles. The molecule has 2 aromatic carbocycles. The minimum Gasteiger partial charge on any atom is -0.406 e. The maximum absolute atomic E-state index is 12.6. The van der Waals surface area contributed by atoms with E-state index in [9.17, 15) is 22.8 Å². The first-order valence-electron chi connectivity index (χ1n) is 7.42. The summed E-state index contributed by atoms with van der Waals surface area (Å²) in [6.07, 6.45) is -4.08. The van der Waals surface area contributed by atoms with E-state index < -0.39 is 23.2 Å². The van der Waals surface area contributed by atoms with Crippen molar-refractivity contribution in [3.8, 4) is 11.4 Å². The molecule has 25 heavy (non-hydrogen) atoms. The fourth-order valence-corrected chi connectivity index (χ4v) is 2.50. The standard InChI is InChI=1S/C17H13F3N2O3/c1-2-10-3-8-13-14(9-10)15(23)21-22(16(13)24)11-4-6-12(7-5-11)25-17(18,19)20/h3-9H,2H2,1H3,(H,21,23). The Labute approximate surface area is 139 Å². The maximum Gasteiger partial charge on any atom is 0.573 e. The highest BCUT2D eigenvalue weighted by Gasteiger charge is 2.31. The fraction of sp³-hybridized carbons (Fsp3) is 0.176. The molecule has 0 saturated carbocycles. The number of benzene rings is 2. The van der Waals surface area contributed by atoms with Crippen LogP contribution in [0.4, 0.5) is 13.2 Å². The Morgan fingerprint density at radius 3 is 2.32 bits per heavy atom. The predicted octanol–water partition coefficient (Wildman–Crippen LogP) is 3.14. The van der Waals surface area contributed by atoms with Gasteiger partial charge in [0.25, 0.3) is 11.1 Å². The summed E-state index contributed by atoms with van der Waals surface area (Å²) < 4.78 is 41.4. The molecule has 0 aliphatic heterocycles. The summed E-state index contributed by atoms with van der Waals surface area (Å²) in [6.45, 7) is 1.93. The summed E-state index contributed by atoms with van der Waals surface area (Å²) in [5, 5.41) is 2.95. The molecular weight excluding hydrogens is 337 g/mol. The number of alkyl halides is 3. The number of H-pyrrole nitrogens is 1. The van der Waals surface area contributed by atoms with Gasteiger partial charge < -0.3 is 4.74 Å². The van der Waals surface area contributed by atoms with Crippen molar-refractivity contribution < 1.29 is 17.9 Å². The molecule has 3 aromatic rings. The largest absolute Gasteiger partial charge is 0.573 e. The number of aryl methyl sites for hydroxylation is 1. The number of nitrogens with zero attached hydrogens (tertiary/aromatic N) is 1. The first-order chi connectivity index (χ1) is 11.8. The number of fused-ring (bicyclic) bond motifs is 1. The average molecular weight is 350 g/mol. The second-order valence-corrected chi connectivity index (χ2v) is 5.36. The topological polar surface area (TPSA) is 64.1 Å². The van der Waals surface area contributed by atoms with Crippen molar-refractivity contribution >= 4 is 10.8 Å². The first kappa shape index (κ1) is 16.8. The number of ether oxygens (including phenoxy) is 1. The molecule has 0 fully saturated rings. The Morgan fingerprint density at radius 1 is 1.04 bits per heavy atom. The van der Waals surface area contributed by atoms with Crippen LogP contribution in [0.2, 0.25) is 0 Å². The molecule has 130 valence electrons. The number of rotatable bonds is 3. The van der Waals surface area contributed by atoms with Crippen molar-refractivity contribution in [3.63, 3.8) is 0 Å². The smallest absolute Gasteiger partial charge is 0.406 e. The van der Waals surface area contributed by atoms with Gasteiger partial charge >= 0.3 is 6.36 Å². The van der Waals surface area contributed by atoms with Gasteiger partial charge in [-0.15, -0.1) is 13.2 Å². The van der Waals surface area contributed by atoms with E-state index in [1.165, 1.54) is 12.1 Å². The third-order valence-corrected chi connectivity index (χ3v) is 3.71. The fourth-order valence-electron chi connectivity index (χ4n) is 2.50. The highest BCUT2D eigenvalue weighted by molar-refractivity contribution is 5.81. The van der Waals surface area contributed by atoms with Crippen LogP contribution >= 0.6 is 0 Å².